The van der Waals surface area contributed by atoms with Crippen molar-refractivity contribution in [1.29, 1.82) is 0 Å². The van der Waals surface area contributed by atoms with Gasteiger partial charge < -0.3 is 9.72 Å². The number of rotatable bonds is 4. The van der Waals surface area contributed by atoms with Crippen LogP contribution in [0.4, 0.5) is 0 Å². The molecule has 2 aliphatic carbocycles. The van der Waals surface area contributed by atoms with Gasteiger partial charge in [0, 0.05) is 18.9 Å². The SMILES string of the molecule is Clc1ccc2nc(CNCC3CC4CCC3C4)cn2c1. The first-order chi connectivity index (χ1) is 9.78. The zero-order chi connectivity index (χ0) is 13.5. The zero-order valence-electron chi connectivity index (χ0n) is 11.6. The first-order valence-electron chi connectivity index (χ1n) is 7.62. The molecular weight excluding hydrogens is 270 g/mol. The molecule has 3 atom stereocenters. The Labute approximate surface area is 124 Å². The fourth-order valence-electron chi connectivity index (χ4n) is 4.11. The van der Waals surface area contributed by atoms with E-state index < -0.39 is 0 Å². The van der Waals surface area contributed by atoms with Crippen LogP contribution < -0.4 is 5.32 Å². The summed E-state index contributed by atoms with van der Waals surface area (Å²) < 4.78 is 2.00. The van der Waals surface area contributed by atoms with E-state index >= 15 is 0 Å². The average molecular weight is 290 g/mol. The van der Waals surface area contributed by atoms with Crippen molar-refractivity contribution < 1.29 is 0 Å². The Morgan fingerprint density at radius 3 is 3.00 bits per heavy atom. The van der Waals surface area contributed by atoms with Gasteiger partial charge in [0.05, 0.1) is 10.7 Å². The third-order valence-electron chi connectivity index (χ3n) is 5.06. The Bertz CT molecular complexity index is 621. The molecule has 0 amide bonds. The minimum atomic E-state index is 0.747. The van der Waals surface area contributed by atoms with Gasteiger partial charge in [0.1, 0.15) is 5.65 Å². The molecule has 2 heterocycles. The molecule has 2 aromatic heterocycles. The largest absolute Gasteiger partial charge is 0.311 e. The minimum absolute atomic E-state index is 0.747. The van der Waals surface area contributed by atoms with Crippen LogP contribution in [-0.2, 0) is 6.54 Å². The van der Waals surface area contributed by atoms with Crippen LogP contribution in [0.1, 0.15) is 31.4 Å². The standard InChI is InChI=1S/C16H20ClN3/c17-14-3-4-16-19-15(10-20(16)9-14)8-18-7-13-6-11-1-2-12(13)5-11/h3-4,9-13,18H,1-2,5-8H2. The molecule has 2 aromatic rings. The summed E-state index contributed by atoms with van der Waals surface area (Å²) in [5.41, 5.74) is 2.06. The van der Waals surface area contributed by atoms with Gasteiger partial charge in [-0.05, 0) is 55.7 Å². The molecule has 3 nitrogen and oxygen atoms in total. The van der Waals surface area contributed by atoms with Crippen LogP contribution in [0.5, 0.6) is 0 Å². The monoisotopic (exact) mass is 289 g/mol. The lowest BCUT2D eigenvalue weighted by Gasteiger charge is -2.21. The summed E-state index contributed by atoms with van der Waals surface area (Å²) in [5, 5.41) is 4.34. The molecule has 0 aliphatic heterocycles. The Morgan fingerprint density at radius 1 is 1.25 bits per heavy atom. The number of pyridine rings is 1. The number of nitrogens with one attached hydrogen (secondary N) is 1. The highest BCUT2D eigenvalue weighted by Gasteiger charge is 2.38. The predicted octanol–water partition coefficient (Wildman–Crippen LogP) is 3.51. The molecule has 0 saturated heterocycles. The van der Waals surface area contributed by atoms with E-state index in [1.54, 1.807) is 0 Å². The van der Waals surface area contributed by atoms with Crippen LogP contribution in [0, 0.1) is 17.8 Å². The maximum absolute atomic E-state index is 5.99. The summed E-state index contributed by atoms with van der Waals surface area (Å²) in [6.45, 7) is 2.00. The van der Waals surface area contributed by atoms with Crippen molar-refractivity contribution in [1.82, 2.24) is 14.7 Å². The van der Waals surface area contributed by atoms with Crippen LogP contribution in [0.3, 0.4) is 0 Å². The Hall–Kier alpha value is -1.06. The highest BCUT2D eigenvalue weighted by atomic mass is 35.5. The second-order valence-electron chi connectivity index (χ2n) is 6.41. The molecule has 1 N–H and O–H groups in total. The van der Waals surface area contributed by atoms with Gasteiger partial charge in [-0.2, -0.15) is 0 Å². The maximum Gasteiger partial charge on any atom is 0.137 e. The molecule has 20 heavy (non-hydrogen) atoms. The molecule has 3 unspecified atom stereocenters. The minimum Gasteiger partial charge on any atom is -0.311 e. The lowest BCUT2D eigenvalue weighted by atomic mass is 9.89. The van der Waals surface area contributed by atoms with Gasteiger partial charge in [0.25, 0.3) is 0 Å². The molecular formula is C16H20ClN3. The highest BCUT2D eigenvalue weighted by molar-refractivity contribution is 6.30. The summed E-state index contributed by atoms with van der Waals surface area (Å²) in [6, 6.07) is 3.85. The number of aromatic nitrogens is 2. The van der Waals surface area contributed by atoms with E-state index in [0.29, 0.717) is 0 Å². The molecule has 0 radical (unpaired) electrons. The van der Waals surface area contributed by atoms with E-state index in [1.807, 2.05) is 22.7 Å². The fraction of sp³-hybridized carbons (Fsp3) is 0.562. The van der Waals surface area contributed by atoms with Crippen LogP contribution in [0.2, 0.25) is 5.02 Å². The van der Waals surface area contributed by atoms with Crippen molar-refractivity contribution in [2.24, 2.45) is 17.8 Å². The fourth-order valence-corrected chi connectivity index (χ4v) is 4.28. The normalized spacial score (nSPS) is 28.6. The molecule has 2 bridgehead atoms. The summed E-state index contributed by atoms with van der Waals surface area (Å²) in [4.78, 5) is 4.61. The van der Waals surface area contributed by atoms with Gasteiger partial charge in [-0.25, -0.2) is 4.98 Å². The van der Waals surface area contributed by atoms with E-state index in [-0.39, 0.29) is 0 Å². The van der Waals surface area contributed by atoms with Crippen LogP contribution in [-0.4, -0.2) is 15.9 Å². The molecule has 4 heteroatoms. The number of nitrogens with zero attached hydrogens (tertiary/aromatic N) is 2. The Balaban J connectivity index is 1.36. The van der Waals surface area contributed by atoms with Gasteiger partial charge >= 0.3 is 0 Å². The number of hydrogen-bond acceptors (Lipinski definition) is 2. The van der Waals surface area contributed by atoms with Gasteiger partial charge in [0.15, 0.2) is 0 Å². The summed E-state index contributed by atoms with van der Waals surface area (Å²) in [5.74, 6) is 2.93. The molecule has 2 fully saturated rings. The molecule has 4 rings (SSSR count). The third-order valence-corrected chi connectivity index (χ3v) is 5.29. The molecule has 0 spiro atoms. The van der Waals surface area contributed by atoms with Gasteiger partial charge in [-0.3, -0.25) is 0 Å². The summed E-state index contributed by atoms with van der Waals surface area (Å²) in [6.07, 6.45) is 9.84. The Morgan fingerprint density at radius 2 is 2.20 bits per heavy atom. The molecule has 2 saturated carbocycles. The van der Waals surface area contributed by atoms with E-state index in [4.69, 9.17) is 11.6 Å². The lowest BCUT2D eigenvalue weighted by molar-refractivity contribution is 0.318. The van der Waals surface area contributed by atoms with Crippen LogP contribution >= 0.6 is 11.6 Å². The van der Waals surface area contributed by atoms with Gasteiger partial charge in [0.2, 0.25) is 0 Å². The molecule has 2 aliphatic rings. The van der Waals surface area contributed by atoms with E-state index in [9.17, 15) is 0 Å². The van der Waals surface area contributed by atoms with Crippen molar-refractivity contribution in [3.8, 4) is 0 Å². The molecule has 0 aromatic carbocycles. The number of imidazole rings is 1. The molecule has 106 valence electrons. The first-order valence-corrected chi connectivity index (χ1v) is 7.99. The van der Waals surface area contributed by atoms with Gasteiger partial charge in [-0.15, -0.1) is 0 Å². The maximum atomic E-state index is 5.99. The van der Waals surface area contributed by atoms with Crippen LogP contribution in [0.25, 0.3) is 5.65 Å². The number of fused-ring (bicyclic) bond motifs is 3. The second kappa shape index (κ2) is 5.05. The zero-order valence-corrected chi connectivity index (χ0v) is 12.3. The highest BCUT2D eigenvalue weighted by Crippen LogP contribution is 2.47. The Kier molecular flexibility index (Phi) is 3.20. The number of halogens is 1. The van der Waals surface area contributed by atoms with Gasteiger partial charge in [-0.1, -0.05) is 18.0 Å². The lowest BCUT2D eigenvalue weighted by Crippen LogP contribution is -2.26. The van der Waals surface area contributed by atoms with E-state index in [0.717, 1.165) is 47.2 Å². The van der Waals surface area contributed by atoms with Crippen molar-refractivity contribution in [3.63, 3.8) is 0 Å². The second-order valence-corrected chi connectivity index (χ2v) is 6.85. The predicted molar refractivity (Wildman–Crippen MR) is 80.8 cm³/mol. The van der Waals surface area contributed by atoms with E-state index in [2.05, 4.69) is 16.5 Å². The first kappa shape index (κ1) is 12.7. The third kappa shape index (κ3) is 2.33. The number of hydrogen-bond donors (Lipinski definition) is 1. The van der Waals surface area contributed by atoms with Crippen molar-refractivity contribution >= 4 is 17.2 Å². The van der Waals surface area contributed by atoms with Crippen molar-refractivity contribution in [3.05, 3.63) is 35.2 Å². The van der Waals surface area contributed by atoms with E-state index in [1.165, 1.54) is 25.7 Å². The van der Waals surface area contributed by atoms with Crippen molar-refractivity contribution in [2.75, 3.05) is 6.54 Å². The quantitative estimate of drug-likeness (QED) is 0.933. The summed E-state index contributed by atoms with van der Waals surface area (Å²) >= 11 is 5.99. The topological polar surface area (TPSA) is 29.3 Å². The van der Waals surface area contributed by atoms with Crippen molar-refractivity contribution in [2.45, 2.75) is 32.2 Å². The average Bonchev–Trinajstić information content (AvgIpc) is 3.12. The smallest absolute Gasteiger partial charge is 0.137 e. The van der Waals surface area contributed by atoms with Crippen LogP contribution in [0.15, 0.2) is 24.5 Å². The summed E-state index contributed by atoms with van der Waals surface area (Å²) in [7, 11) is 0.